The maximum Gasteiger partial charge on any atom is 0.282 e. The molecule has 2 N–H and O–H groups in total. The van der Waals surface area contributed by atoms with Crippen LogP contribution < -0.4 is 5.32 Å². The van der Waals surface area contributed by atoms with Crippen LogP contribution in [0.3, 0.4) is 0 Å². The number of hydrogen-bond donors (Lipinski definition) is 2. The lowest BCUT2D eigenvalue weighted by Gasteiger charge is -2.31. The van der Waals surface area contributed by atoms with Crippen LogP contribution in [0.25, 0.3) is 0 Å². The summed E-state index contributed by atoms with van der Waals surface area (Å²) in [5, 5.41) is 11.7. The van der Waals surface area contributed by atoms with Crippen LogP contribution in [0.5, 0.6) is 0 Å². The van der Waals surface area contributed by atoms with Gasteiger partial charge in [-0.25, -0.2) is 8.78 Å². The number of aliphatic hydroxyl groups excluding tert-OH is 1. The fourth-order valence-electron chi connectivity index (χ4n) is 1.60. The van der Waals surface area contributed by atoms with E-state index in [0.717, 1.165) is 4.31 Å². The van der Waals surface area contributed by atoms with Gasteiger partial charge in [-0.2, -0.15) is 17.0 Å². The molecule has 0 unspecified atom stereocenters. The predicted octanol–water partition coefficient (Wildman–Crippen LogP) is -1.30. The van der Waals surface area contributed by atoms with Gasteiger partial charge in [0.1, 0.15) is 0 Å². The number of nitrogens with zero attached hydrogens (tertiary/aromatic N) is 2. The van der Waals surface area contributed by atoms with E-state index in [4.69, 9.17) is 5.11 Å². The fraction of sp³-hybridized carbons (Fsp3) is 1.00. The van der Waals surface area contributed by atoms with Crippen molar-refractivity contribution in [2.24, 2.45) is 0 Å². The Morgan fingerprint density at radius 1 is 1.35 bits per heavy atom. The molecule has 1 heterocycles. The van der Waals surface area contributed by atoms with Crippen LogP contribution >= 0.6 is 0 Å². The molecule has 0 spiro atoms. The Labute approximate surface area is 99.4 Å². The van der Waals surface area contributed by atoms with E-state index >= 15 is 0 Å². The lowest BCUT2D eigenvalue weighted by Crippen LogP contribution is -2.53. The van der Waals surface area contributed by atoms with Gasteiger partial charge in [0, 0.05) is 32.7 Å². The molecule has 0 radical (unpaired) electrons. The molecule has 0 aromatic heterocycles. The second-order valence-corrected chi connectivity index (χ2v) is 5.56. The van der Waals surface area contributed by atoms with Crippen molar-refractivity contribution in [1.82, 2.24) is 13.9 Å². The summed E-state index contributed by atoms with van der Waals surface area (Å²) < 4.78 is 50.3. The number of aliphatic hydroxyl groups is 1. The quantitative estimate of drug-likeness (QED) is 0.631. The Kier molecular flexibility index (Phi) is 5.67. The van der Waals surface area contributed by atoms with Gasteiger partial charge in [-0.15, -0.1) is 0 Å². The third-order valence-electron chi connectivity index (χ3n) is 2.42. The molecular formula is C8H17F2N3O3S. The van der Waals surface area contributed by atoms with Crippen molar-refractivity contribution in [3.63, 3.8) is 0 Å². The predicted molar refractivity (Wildman–Crippen MR) is 58.0 cm³/mol. The number of nitrogens with one attached hydrogen (secondary N) is 1. The monoisotopic (exact) mass is 273 g/mol. The first-order valence-electron chi connectivity index (χ1n) is 5.33. The van der Waals surface area contributed by atoms with Gasteiger partial charge >= 0.3 is 0 Å². The van der Waals surface area contributed by atoms with Crippen LogP contribution in [0.1, 0.15) is 0 Å². The second kappa shape index (κ2) is 6.55. The van der Waals surface area contributed by atoms with E-state index in [1.165, 1.54) is 0 Å². The number of alkyl halides is 2. The minimum atomic E-state index is -3.89. The van der Waals surface area contributed by atoms with E-state index in [1.807, 2.05) is 0 Å². The van der Waals surface area contributed by atoms with Gasteiger partial charge in [0.05, 0.1) is 13.2 Å². The summed E-state index contributed by atoms with van der Waals surface area (Å²) in [4.78, 5) is 0. The molecule has 0 aromatic rings. The molecule has 0 bridgehead atoms. The Balaban J connectivity index is 2.74. The summed E-state index contributed by atoms with van der Waals surface area (Å²) in [6, 6.07) is 0. The normalized spacial score (nSPS) is 19.1. The second-order valence-electron chi connectivity index (χ2n) is 3.63. The highest BCUT2D eigenvalue weighted by Gasteiger charge is 2.31. The summed E-state index contributed by atoms with van der Waals surface area (Å²) in [5.41, 5.74) is 0. The molecule has 0 aromatic carbocycles. The van der Waals surface area contributed by atoms with Gasteiger partial charge in [-0.05, 0) is 0 Å². The largest absolute Gasteiger partial charge is 0.395 e. The van der Waals surface area contributed by atoms with Gasteiger partial charge in [0.2, 0.25) is 0 Å². The topological polar surface area (TPSA) is 72.9 Å². The molecule has 9 heteroatoms. The van der Waals surface area contributed by atoms with Crippen molar-refractivity contribution < 1.29 is 22.3 Å². The van der Waals surface area contributed by atoms with E-state index in [-0.39, 0.29) is 19.6 Å². The molecule has 0 atom stereocenters. The summed E-state index contributed by atoms with van der Waals surface area (Å²) >= 11 is 0. The van der Waals surface area contributed by atoms with E-state index in [2.05, 4.69) is 5.32 Å². The number of rotatable bonds is 6. The van der Waals surface area contributed by atoms with Crippen LogP contribution in [0.4, 0.5) is 8.78 Å². The average molecular weight is 273 g/mol. The SMILES string of the molecule is O=S(=O)(N1CCNCC1)N(CCO)CC(F)F. The van der Waals surface area contributed by atoms with Crippen LogP contribution in [-0.4, -0.2) is 74.4 Å². The average Bonchev–Trinajstić information content (AvgIpc) is 2.29. The fourth-order valence-corrected chi connectivity index (χ4v) is 3.19. The van der Waals surface area contributed by atoms with Crippen LogP contribution in [0, 0.1) is 0 Å². The van der Waals surface area contributed by atoms with Gasteiger partial charge in [-0.3, -0.25) is 0 Å². The van der Waals surface area contributed by atoms with Crippen molar-refractivity contribution in [2.75, 3.05) is 45.9 Å². The Morgan fingerprint density at radius 2 is 1.94 bits per heavy atom. The molecular weight excluding hydrogens is 256 g/mol. The molecule has 1 fully saturated rings. The van der Waals surface area contributed by atoms with Crippen LogP contribution in [-0.2, 0) is 10.2 Å². The maximum absolute atomic E-state index is 12.3. The first-order valence-corrected chi connectivity index (χ1v) is 6.73. The molecule has 0 amide bonds. The van der Waals surface area contributed by atoms with E-state index in [1.54, 1.807) is 0 Å². The van der Waals surface area contributed by atoms with Crippen molar-refractivity contribution in [2.45, 2.75) is 6.43 Å². The van der Waals surface area contributed by atoms with Gasteiger partial charge in [-0.1, -0.05) is 0 Å². The molecule has 1 saturated heterocycles. The molecule has 0 saturated carbocycles. The lowest BCUT2D eigenvalue weighted by atomic mass is 10.4. The number of piperazine rings is 1. The molecule has 0 aliphatic carbocycles. The lowest BCUT2D eigenvalue weighted by molar-refractivity contribution is 0.109. The van der Waals surface area contributed by atoms with E-state index < -0.39 is 29.8 Å². The van der Waals surface area contributed by atoms with Crippen molar-refractivity contribution in [3.05, 3.63) is 0 Å². The van der Waals surface area contributed by atoms with Gasteiger partial charge < -0.3 is 10.4 Å². The highest BCUT2D eigenvalue weighted by molar-refractivity contribution is 7.86. The maximum atomic E-state index is 12.3. The molecule has 1 aliphatic heterocycles. The summed E-state index contributed by atoms with van der Waals surface area (Å²) in [7, 11) is -3.89. The third-order valence-corrected chi connectivity index (χ3v) is 4.42. The highest BCUT2D eigenvalue weighted by Crippen LogP contribution is 2.11. The molecule has 6 nitrogen and oxygen atoms in total. The zero-order chi connectivity index (χ0) is 12.9. The minimum absolute atomic E-state index is 0.257. The third kappa shape index (κ3) is 4.11. The molecule has 102 valence electrons. The van der Waals surface area contributed by atoms with Gasteiger partial charge in [0.15, 0.2) is 0 Å². The van der Waals surface area contributed by atoms with Gasteiger partial charge in [0.25, 0.3) is 16.6 Å². The van der Waals surface area contributed by atoms with Crippen LogP contribution in [0.2, 0.25) is 0 Å². The van der Waals surface area contributed by atoms with Crippen LogP contribution in [0.15, 0.2) is 0 Å². The Hall–Kier alpha value is -0.350. The zero-order valence-corrected chi connectivity index (χ0v) is 10.2. The zero-order valence-electron chi connectivity index (χ0n) is 9.35. The van der Waals surface area contributed by atoms with Crippen molar-refractivity contribution >= 4 is 10.2 Å². The van der Waals surface area contributed by atoms with E-state index in [0.29, 0.717) is 17.4 Å². The standard InChI is InChI=1S/C8H17F2N3O3S/c9-8(10)7-13(5-6-14)17(15,16)12-3-1-11-2-4-12/h8,11,14H,1-7H2. The summed E-state index contributed by atoms with van der Waals surface area (Å²) in [6.07, 6.45) is -2.75. The van der Waals surface area contributed by atoms with E-state index in [9.17, 15) is 17.2 Å². The summed E-state index contributed by atoms with van der Waals surface area (Å²) in [5.74, 6) is 0. The van der Waals surface area contributed by atoms with Crippen molar-refractivity contribution in [1.29, 1.82) is 0 Å². The summed E-state index contributed by atoms with van der Waals surface area (Å²) in [6.45, 7) is -0.149. The first-order chi connectivity index (χ1) is 7.98. The highest BCUT2D eigenvalue weighted by atomic mass is 32.2. The number of hydrogen-bond acceptors (Lipinski definition) is 4. The Morgan fingerprint density at radius 3 is 2.41 bits per heavy atom. The Bertz CT molecular complexity index is 320. The smallest absolute Gasteiger partial charge is 0.282 e. The molecule has 17 heavy (non-hydrogen) atoms. The molecule has 1 aliphatic rings. The molecule has 1 rings (SSSR count). The number of halogens is 2. The van der Waals surface area contributed by atoms with Crippen molar-refractivity contribution in [3.8, 4) is 0 Å². The minimum Gasteiger partial charge on any atom is -0.395 e. The first kappa shape index (κ1) is 14.7.